The van der Waals surface area contributed by atoms with E-state index >= 15 is 0 Å². The van der Waals surface area contributed by atoms with Gasteiger partial charge in [0.25, 0.3) is 0 Å². The van der Waals surface area contributed by atoms with E-state index < -0.39 is 36.8 Å². The van der Waals surface area contributed by atoms with E-state index in [0.29, 0.717) is 62.0 Å². The van der Waals surface area contributed by atoms with Crippen LogP contribution in [0.4, 0.5) is 4.39 Å². The van der Waals surface area contributed by atoms with Gasteiger partial charge in [-0.05, 0) is 55.1 Å². The van der Waals surface area contributed by atoms with Gasteiger partial charge in [-0.3, -0.25) is 9.69 Å². The van der Waals surface area contributed by atoms with Crippen molar-refractivity contribution >= 4 is 23.5 Å². The molecular formula is C32H47ClFN5O7. The number of aliphatic hydroxyl groups excluding tert-OH is 5. The number of hydrogen-bond donors (Lipinski definition) is 6. The van der Waals surface area contributed by atoms with Crippen LogP contribution in [-0.4, -0.2) is 142 Å². The molecule has 14 heteroatoms. The molecule has 0 radical (unpaired) electrons. The van der Waals surface area contributed by atoms with Gasteiger partial charge in [0.05, 0.1) is 37.3 Å². The number of aliphatic hydroxyl groups is 5. The minimum Gasteiger partial charge on any atom is -0.493 e. The molecule has 1 aromatic rings. The molecule has 2 saturated heterocycles. The van der Waals surface area contributed by atoms with Crippen LogP contribution in [-0.2, 0) is 11.2 Å². The first-order chi connectivity index (χ1) is 22.1. The summed E-state index contributed by atoms with van der Waals surface area (Å²) in [5.41, 5.74) is 0.736. The van der Waals surface area contributed by atoms with Crippen molar-refractivity contribution in [2.75, 3.05) is 65.6 Å². The van der Waals surface area contributed by atoms with Crippen molar-refractivity contribution in [2.24, 2.45) is 16.3 Å². The Bertz CT molecular complexity index is 1260. The number of aliphatic imine (C=N–C) groups is 1. The molecule has 0 bridgehead atoms. The smallest absolute Gasteiger partial charge is 0.227 e. The number of ether oxygens (including phenoxy) is 1. The largest absolute Gasteiger partial charge is 0.493 e. The number of amides is 1. The number of rotatable bonds is 13. The summed E-state index contributed by atoms with van der Waals surface area (Å²) in [4.78, 5) is 23.2. The number of halogens is 2. The lowest BCUT2D eigenvalue weighted by Crippen LogP contribution is -2.54. The summed E-state index contributed by atoms with van der Waals surface area (Å²) in [6.07, 6.45) is 1.09. The first-order valence-electron chi connectivity index (χ1n) is 16.2. The highest BCUT2D eigenvalue weighted by atomic mass is 35.5. The van der Waals surface area contributed by atoms with Crippen LogP contribution in [0.5, 0.6) is 5.75 Å². The molecule has 5 atom stereocenters. The molecule has 1 saturated carbocycles. The zero-order valence-corrected chi connectivity index (χ0v) is 26.9. The summed E-state index contributed by atoms with van der Waals surface area (Å²) in [6, 6.07) is 4.65. The average Bonchev–Trinajstić information content (AvgIpc) is 3.74. The van der Waals surface area contributed by atoms with Crippen molar-refractivity contribution in [1.29, 1.82) is 0 Å². The number of benzene rings is 1. The van der Waals surface area contributed by atoms with E-state index in [0.717, 1.165) is 49.8 Å². The summed E-state index contributed by atoms with van der Waals surface area (Å²) in [5, 5.41) is 52.4. The molecule has 3 aliphatic heterocycles. The number of likely N-dealkylation sites (tertiary alicyclic amines) is 1. The molecule has 1 aliphatic carbocycles. The highest BCUT2D eigenvalue weighted by Crippen LogP contribution is 2.61. The van der Waals surface area contributed by atoms with Gasteiger partial charge in [-0.2, -0.15) is 0 Å². The number of carbonyl (C=O) groups excluding carboxylic acids is 1. The maximum Gasteiger partial charge on any atom is 0.227 e. The predicted molar refractivity (Wildman–Crippen MR) is 170 cm³/mol. The third-order valence-electron chi connectivity index (χ3n) is 9.98. The van der Waals surface area contributed by atoms with Crippen molar-refractivity contribution in [3.63, 3.8) is 0 Å². The Balaban J connectivity index is 0.970. The Labute approximate surface area is 274 Å². The number of hydrogen-bond acceptors (Lipinski definition) is 11. The summed E-state index contributed by atoms with van der Waals surface area (Å²) < 4.78 is 20.7. The molecule has 3 heterocycles. The Hall–Kier alpha value is -2.52. The number of carbonyl (C=O) groups is 1. The minimum atomic E-state index is -1.68. The normalized spacial score (nSPS) is 24.0. The van der Waals surface area contributed by atoms with Crippen LogP contribution >= 0.6 is 11.6 Å². The van der Waals surface area contributed by atoms with Gasteiger partial charge in [-0.15, -0.1) is 0 Å². The van der Waals surface area contributed by atoms with Crippen molar-refractivity contribution < 1.29 is 39.5 Å². The van der Waals surface area contributed by atoms with Gasteiger partial charge >= 0.3 is 0 Å². The van der Waals surface area contributed by atoms with E-state index in [4.69, 9.17) is 21.4 Å². The van der Waals surface area contributed by atoms with Crippen molar-refractivity contribution in [2.45, 2.75) is 62.9 Å². The number of β-amino-alcohol motifs (C(OH)–C–C–N with tert-alkyl or cyclic N) is 1. The van der Waals surface area contributed by atoms with Crippen LogP contribution in [0.25, 0.3) is 0 Å². The van der Waals surface area contributed by atoms with Gasteiger partial charge < -0.3 is 45.4 Å². The zero-order chi connectivity index (χ0) is 32.8. The van der Waals surface area contributed by atoms with Crippen LogP contribution in [0.2, 0.25) is 0 Å². The van der Waals surface area contributed by atoms with Gasteiger partial charge in [0.1, 0.15) is 29.9 Å². The van der Waals surface area contributed by atoms with E-state index in [-0.39, 0.29) is 18.9 Å². The molecule has 3 fully saturated rings. The molecule has 0 aromatic heterocycles. The number of nitrogens with zero attached hydrogens (tertiary/aromatic N) is 4. The second-order valence-corrected chi connectivity index (χ2v) is 13.5. The third-order valence-corrected chi connectivity index (χ3v) is 10.2. The van der Waals surface area contributed by atoms with Gasteiger partial charge in [0, 0.05) is 58.1 Å². The molecule has 1 aromatic carbocycles. The van der Waals surface area contributed by atoms with E-state index in [1.807, 2.05) is 11.1 Å². The van der Waals surface area contributed by atoms with E-state index in [1.54, 1.807) is 17.0 Å². The molecule has 1 spiro atoms. The fraction of sp³-hybridized carbons (Fsp3) is 0.688. The molecular weight excluding hydrogens is 621 g/mol. The third kappa shape index (κ3) is 8.68. The quantitative estimate of drug-likeness (QED) is 0.161. The van der Waals surface area contributed by atoms with Gasteiger partial charge in [0.15, 0.2) is 5.96 Å². The molecule has 12 nitrogen and oxygen atoms in total. The summed E-state index contributed by atoms with van der Waals surface area (Å²) in [5.74, 6) is 1.39. The Morgan fingerprint density at radius 3 is 2.46 bits per heavy atom. The highest BCUT2D eigenvalue weighted by Gasteiger charge is 2.54. The average molecular weight is 668 g/mol. The standard InChI is InChI=1S/C32H47ClFN5O7/c33-23-17-35-31(36-18-23)39-7-5-32(6-8-39)16-22(32)2-1-13-46-24-4-3-21(25(34)15-24)14-28(43)38-11-9-37(10-12-38)19-26(41)29(44)30(45)27(42)20-40/h3-4,15,17,22,26-27,29-30,40-42,44-45H,1-2,5-14,16,18-20H2,(H,35,36)/t22?,26-,27+,29+,30+/m0/s1. The van der Waals surface area contributed by atoms with Crippen LogP contribution < -0.4 is 10.1 Å². The number of piperazine rings is 1. The lowest BCUT2D eigenvalue weighted by molar-refractivity contribution is -0.134. The maximum atomic E-state index is 14.9. The summed E-state index contributed by atoms with van der Waals surface area (Å²) in [6.45, 7) is 3.90. The van der Waals surface area contributed by atoms with Gasteiger partial charge in [-0.1, -0.05) is 17.7 Å². The van der Waals surface area contributed by atoms with Crippen LogP contribution in [0, 0.1) is 17.2 Å². The van der Waals surface area contributed by atoms with Gasteiger partial charge in [-0.25, -0.2) is 9.38 Å². The fourth-order valence-electron chi connectivity index (χ4n) is 6.86. The van der Waals surface area contributed by atoms with Crippen molar-refractivity contribution in [1.82, 2.24) is 20.0 Å². The van der Waals surface area contributed by atoms with Crippen molar-refractivity contribution in [3.8, 4) is 5.75 Å². The zero-order valence-electron chi connectivity index (χ0n) is 26.1. The SMILES string of the molecule is O=C(Cc1ccc(OCCCC2CC23CCN(C2=NCC(Cl)=CN2)CC3)cc1F)N1CCN(C[C@H](O)[C@@H](O)[C@H](O)[C@H](O)CO)CC1. The predicted octanol–water partition coefficient (Wildman–Crippen LogP) is 0.249. The number of piperidine rings is 1. The maximum absolute atomic E-state index is 14.9. The van der Waals surface area contributed by atoms with Crippen LogP contribution in [0.3, 0.4) is 0 Å². The molecule has 5 rings (SSSR count). The number of nitrogens with one attached hydrogen (secondary N) is 1. The topological polar surface area (TPSA) is 162 Å². The molecule has 6 N–H and O–H groups in total. The second-order valence-electron chi connectivity index (χ2n) is 13.0. The van der Waals surface area contributed by atoms with E-state index in [9.17, 15) is 29.6 Å². The first-order valence-corrected chi connectivity index (χ1v) is 16.6. The Morgan fingerprint density at radius 1 is 1.09 bits per heavy atom. The van der Waals surface area contributed by atoms with E-state index in [1.165, 1.54) is 12.5 Å². The second kappa shape index (κ2) is 15.6. The minimum absolute atomic E-state index is 0.0255. The van der Waals surface area contributed by atoms with Crippen LogP contribution in [0.15, 0.2) is 34.4 Å². The van der Waals surface area contributed by atoms with Crippen LogP contribution in [0.1, 0.15) is 37.7 Å². The molecule has 256 valence electrons. The first kappa shape index (κ1) is 34.8. The van der Waals surface area contributed by atoms with E-state index in [2.05, 4.69) is 15.2 Å². The Morgan fingerprint density at radius 2 is 1.80 bits per heavy atom. The molecule has 46 heavy (non-hydrogen) atoms. The van der Waals surface area contributed by atoms with Crippen molar-refractivity contribution in [3.05, 3.63) is 40.8 Å². The fourth-order valence-corrected chi connectivity index (χ4v) is 6.98. The van der Waals surface area contributed by atoms with Gasteiger partial charge in [0.2, 0.25) is 5.91 Å². The lowest BCUT2D eigenvalue weighted by Gasteiger charge is -2.37. The highest BCUT2D eigenvalue weighted by molar-refractivity contribution is 6.30. The lowest BCUT2D eigenvalue weighted by atomic mass is 9.89. The summed E-state index contributed by atoms with van der Waals surface area (Å²) >= 11 is 5.99. The Kier molecular flexibility index (Phi) is 11.8. The molecule has 1 unspecified atom stereocenters. The molecule has 1 amide bonds. The molecule has 4 aliphatic rings. The number of guanidine groups is 1. The summed E-state index contributed by atoms with van der Waals surface area (Å²) in [7, 11) is 0. The monoisotopic (exact) mass is 667 g/mol.